The smallest absolute Gasteiger partial charge is 0.255 e. The zero-order chi connectivity index (χ0) is 23.3. The summed E-state index contributed by atoms with van der Waals surface area (Å²) in [6.07, 6.45) is -0.405. The van der Waals surface area contributed by atoms with Gasteiger partial charge < -0.3 is 19.5 Å². The largest absolute Gasteiger partial charge is 0.495 e. The lowest BCUT2D eigenvalue weighted by Gasteiger charge is -2.24. The third-order valence-corrected chi connectivity index (χ3v) is 7.00. The van der Waals surface area contributed by atoms with E-state index in [-0.39, 0.29) is 46.6 Å². The SMILES string of the molecule is CCOC1COCCN(S(=O)(=O)c2cc(C(=O)Nc3ccc(F)c(Cl)c3)ccc2OC)C1. The summed E-state index contributed by atoms with van der Waals surface area (Å²) in [5.74, 6) is -1.10. The molecule has 1 heterocycles. The normalized spacial score (nSPS) is 17.6. The minimum Gasteiger partial charge on any atom is -0.495 e. The number of amides is 1. The van der Waals surface area contributed by atoms with Crippen LogP contribution in [0.1, 0.15) is 17.3 Å². The summed E-state index contributed by atoms with van der Waals surface area (Å²) in [6.45, 7) is 3.01. The van der Waals surface area contributed by atoms with Crippen molar-refractivity contribution in [2.75, 3.05) is 45.3 Å². The molecule has 1 atom stereocenters. The van der Waals surface area contributed by atoms with E-state index in [4.69, 9.17) is 25.8 Å². The van der Waals surface area contributed by atoms with Gasteiger partial charge in [0.25, 0.3) is 5.91 Å². The average Bonchev–Trinajstić information content (AvgIpc) is 3.02. The van der Waals surface area contributed by atoms with Gasteiger partial charge in [0.05, 0.1) is 31.5 Å². The fourth-order valence-electron chi connectivity index (χ4n) is 3.24. The third kappa shape index (κ3) is 5.57. The lowest BCUT2D eigenvalue weighted by atomic mass is 10.2. The minimum absolute atomic E-state index is 0.0808. The van der Waals surface area contributed by atoms with E-state index in [1.165, 1.54) is 41.7 Å². The van der Waals surface area contributed by atoms with E-state index in [1.54, 1.807) is 0 Å². The molecule has 32 heavy (non-hydrogen) atoms. The van der Waals surface area contributed by atoms with E-state index < -0.39 is 27.9 Å². The van der Waals surface area contributed by atoms with Crippen molar-refractivity contribution in [1.82, 2.24) is 4.31 Å². The number of carbonyl (C=O) groups is 1. The molecule has 1 N–H and O–H groups in total. The van der Waals surface area contributed by atoms with Crippen LogP contribution in [-0.2, 0) is 19.5 Å². The minimum atomic E-state index is -4.02. The van der Waals surface area contributed by atoms with E-state index in [0.29, 0.717) is 13.2 Å². The lowest BCUT2D eigenvalue weighted by molar-refractivity contribution is 0.00307. The van der Waals surface area contributed by atoms with Crippen LogP contribution in [0, 0.1) is 5.82 Å². The van der Waals surface area contributed by atoms with Crippen molar-refractivity contribution >= 4 is 33.2 Å². The number of hydrogen-bond acceptors (Lipinski definition) is 6. The van der Waals surface area contributed by atoms with E-state index in [2.05, 4.69) is 5.32 Å². The first-order valence-corrected chi connectivity index (χ1v) is 11.7. The van der Waals surface area contributed by atoms with E-state index in [1.807, 2.05) is 6.92 Å². The summed E-state index contributed by atoms with van der Waals surface area (Å²) < 4.78 is 57.8. The highest BCUT2D eigenvalue weighted by atomic mass is 35.5. The van der Waals surface area contributed by atoms with Crippen molar-refractivity contribution in [2.45, 2.75) is 17.9 Å². The summed E-state index contributed by atoms with van der Waals surface area (Å²) in [4.78, 5) is 12.6. The van der Waals surface area contributed by atoms with Gasteiger partial charge in [-0.05, 0) is 43.3 Å². The van der Waals surface area contributed by atoms with Gasteiger partial charge in [0.15, 0.2) is 0 Å². The predicted molar refractivity (Wildman–Crippen MR) is 117 cm³/mol. The first-order valence-electron chi connectivity index (χ1n) is 9.90. The lowest BCUT2D eigenvalue weighted by Crippen LogP contribution is -2.39. The molecule has 0 saturated carbocycles. The Balaban J connectivity index is 1.90. The number of halogens is 2. The van der Waals surface area contributed by atoms with Crippen molar-refractivity contribution in [3.05, 3.63) is 52.8 Å². The first-order chi connectivity index (χ1) is 15.3. The number of hydrogen-bond donors (Lipinski definition) is 1. The molecule has 1 fully saturated rings. The molecule has 0 bridgehead atoms. The Bertz CT molecular complexity index is 1080. The second-order valence-corrected chi connectivity index (χ2v) is 9.28. The Kier molecular flexibility index (Phi) is 8.07. The maximum atomic E-state index is 13.4. The Morgan fingerprint density at radius 3 is 2.78 bits per heavy atom. The summed E-state index contributed by atoms with van der Waals surface area (Å²) in [7, 11) is -2.67. The monoisotopic (exact) mass is 486 g/mol. The van der Waals surface area contributed by atoms with E-state index >= 15 is 0 Å². The van der Waals surface area contributed by atoms with E-state index in [9.17, 15) is 17.6 Å². The molecule has 0 aliphatic carbocycles. The van der Waals surface area contributed by atoms with Gasteiger partial charge in [-0.15, -0.1) is 0 Å². The molecule has 2 aromatic carbocycles. The molecule has 8 nitrogen and oxygen atoms in total. The van der Waals surface area contributed by atoms with Crippen molar-refractivity contribution in [3.8, 4) is 5.75 Å². The molecule has 1 amide bonds. The third-order valence-electron chi connectivity index (χ3n) is 4.82. The van der Waals surface area contributed by atoms with Crippen molar-refractivity contribution in [3.63, 3.8) is 0 Å². The number of benzene rings is 2. The van der Waals surface area contributed by atoms with Gasteiger partial charge in [-0.2, -0.15) is 4.31 Å². The van der Waals surface area contributed by atoms with Crippen LogP contribution in [0.3, 0.4) is 0 Å². The highest BCUT2D eigenvalue weighted by Gasteiger charge is 2.32. The molecule has 1 aliphatic heterocycles. The highest BCUT2D eigenvalue weighted by Crippen LogP contribution is 2.29. The van der Waals surface area contributed by atoms with Gasteiger partial charge in [0, 0.05) is 30.9 Å². The number of carbonyl (C=O) groups excluding carboxylic acids is 1. The van der Waals surface area contributed by atoms with Crippen LogP contribution in [-0.4, -0.2) is 64.8 Å². The fraction of sp³-hybridized carbons (Fsp3) is 0.381. The number of ether oxygens (including phenoxy) is 3. The molecule has 1 unspecified atom stereocenters. The summed E-state index contributed by atoms with van der Waals surface area (Å²) in [5, 5.41) is 2.43. The molecule has 0 spiro atoms. The number of nitrogens with one attached hydrogen (secondary N) is 1. The number of anilines is 1. The van der Waals surface area contributed by atoms with Crippen LogP contribution < -0.4 is 10.1 Å². The first kappa shape index (κ1) is 24.4. The molecule has 1 aliphatic rings. The Morgan fingerprint density at radius 2 is 2.09 bits per heavy atom. The van der Waals surface area contributed by atoms with Gasteiger partial charge in [0.1, 0.15) is 16.5 Å². The van der Waals surface area contributed by atoms with E-state index in [0.717, 1.165) is 6.07 Å². The molecule has 1 saturated heterocycles. The predicted octanol–water partition coefficient (Wildman–Crippen LogP) is 3.17. The Morgan fingerprint density at radius 1 is 1.31 bits per heavy atom. The fourth-order valence-corrected chi connectivity index (χ4v) is 5.06. The molecule has 3 rings (SSSR count). The number of rotatable bonds is 7. The summed E-state index contributed by atoms with van der Waals surface area (Å²) >= 11 is 5.75. The second kappa shape index (κ2) is 10.6. The topological polar surface area (TPSA) is 94.2 Å². The van der Waals surface area contributed by atoms with Crippen LogP contribution in [0.2, 0.25) is 5.02 Å². The summed E-state index contributed by atoms with van der Waals surface area (Å²) in [5.41, 5.74) is 0.350. The van der Waals surface area contributed by atoms with Gasteiger partial charge in [-0.3, -0.25) is 4.79 Å². The van der Waals surface area contributed by atoms with Gasteiger partial charge in [0.2, 0.25) is 10.0 Å². The van der Waals surface area contributed by atoms with Crippen LogP contribution in [0.5, 0.6) is 5.75 Å². The van der Waals surface area contributed by atoms with Crippen LogP contribution in [0.4, 0.5) is 10.1 Å². The molecule has 11 heteroatoms. The van der Waals surface area contributed by atoms with Crippen molar-refractivity contribution in [1.29, 1.82) is 0 Å². The molecule has 0 radical (unpaired) electrons. The standard InChI is InChI=1S/C21H24ClFN2O6S/c1-3-31-16-12-25(8-9-30-13-16)32(27,28)20-10-14(4-7-19(20)29-2)21(26)24-15-5-6-18(23)17(22)11-15/h4-7,10-11,16H,3,8-9,12-13H2,1-2H3,(H,24,26). The number of methoxy groups -OCH3 is 1. The van der Waals surface area contributed by atoms with Crippen molar-refractivity contribution in [2.24, 2.45) is 0 Å². The highest BCUT2D eigenvalue weighted by molar-refractivity contribution is 7.89. The molecule has 174 valence electrons. The number of sulfonamides is 1. The van der Waals surface area contributed by atoms with Crippen LogP contribution in [0.25, 0.3) is 0 Å². The van der Waals surface area contributed by atoms with Gasteiger partial charge in [-0.1, -0.05) is 11.6 Å². The quantitative estimate of drug-likeness (QED) is 0.646. The second-order valence-electron chi connectivity index (χ2n) is 6.96. The molecular weight excluding hydrogens is 463 g/mol. The maximum absolute atomic E-state index is 13.4. The molecular formula is C21H24ClFN2O6S. The Labute approximate surface area is 191 Å². The summed E-state index contributed by atoms with van der Waals surface area (Å²) in [6, 6.07) is 7.83. The zero-order valence-electron chi connectivity index (χ0n) is 17.6. The number of nitrogens with zero attached hydrogens (tertiary/aromatic N) is 1. The molecule has 2 aromatic rings. The van der Waals surface area contributed by atoms with Crippen LogP contribution in [0.15, 0.2) is 41.3 Å². The zero-order valence-corrected chi connectivity index (χ0v) is 19.2. The van der Waals surface area contributed by atoms with Gasteiger partial charge >= 0.3 is 0 Å². The maximum Gasteiger partial charge on any atom is 0.255 e. The van der Waals surface area contributed by atoms with Crippen molar-refractivity contribution < 1.29 is 31.8 Å². The average molecular weight is 487 g/mol. The molecule has 0 aromatic heterocycles. The van der Waals surface area contributed by atoms with Crippen LogP contribution >= 0.6 is 11.6 Å². The van der Waals surface area contributed by atoms with Gasteiger partial charge in [-0.25, -0.2) is 12.8 Å². The Hall–Kier alpha value is -2.24.